The smallest absolute Gasteiger partial charge is 0.246 e. The number of hydrogen-bond acceptors (Lipinski definition) is 5. The van der Waals surface area contributed by atoms with Crippen molar-refractivity contribution in [2.75, 3.05) is 31.1 Å². The third-order valence-electron chi connectivity index (χ3n) is 4.50. The zero-order chi connectivity index (χ0) is 18.5. The number of hydrogen-bond donors (Lipinski definition) is 0. The van der Waals surface area contributed by atoms with Crippen LogP contribution in [0.5, 0.6) is 0 Å². The Morgan fingerprint density at radius 2 is 1.67 bits per heavy atom. The molecule has 2 aromatic heterocycles. The molecule has 0 N–H and O–H groups in total. The predicted molar refractivity (Wildman–Crippen MR) is 110 cm³/mol. The number of piperazine rings is 1. The Bertz CT molecular complexity index is 916. The molecule has 136 valence electrons. The van der Waals surface area contributed by atoms with Crippen LogP contribution in [-0.2, 0) is 4.79 Å². The lowest BCUT2D eigenvalue weighted by molar-refractivity contribution is -0.126. The van der Waals surface area contributed by atoms with Crippen LogP contribution in [0.3, 0.4) is 0 Å². The maximum atomic E-state index is 12.5. The van der Waals surface area contributed by atoms with Crippen LogP contribution in [0.1, 0.15) is 4.88 Å². The molecule has 1 saturated heterocycles. The molecule has 0 unspecified atom stereocenters. The molecule has 3 heterocycles. The van der Waals surface area contributed by atoms with Crippen molar-refractivity contribution < 1.29 is 4.79 Å². The van der Waals surface area contributed by atoms with E-state index in [0.717, 1.165) is 23.9 Å². The predicted octanol–water partition coefficient (Wildman–Crippen LogP) is 3.57. The van der Waals surface area contributed by atoms with Gasteiger partial charge in [0.1, 0.15) is 0 Å². The molecule has 0 radical (unpaired) electrons. The molecule has 1 fully saturated rings. The van der Waals surface area contributed by atoms with Crippen LogP contribution in [0.25, 0.3) is 16.5 Å². The van der Waals surface area contributed by atoms with Gasteiger partial charge in [0.25, 0.3) is 0 Å². The van der Waals surface area contributed by atoms with Crippen LogP contribution in [0.15, 0.2) is 67.0 Å². The van der Waals surface area contributed by atoms with Crippen molar-refractivity contribution >= 4 is 29.3 Å². The number of benzene rings is 1. The number of thiophene rings is 1. The SMILES string of the molecule is O=C(/C=C/c1ccc(-c2ccccc2)s1)N1CCN(c2ncccn2)CC1. The van der Waals surface area contributed by atoms with Gasteiger partial charge in [-0.3, -0.25) is 4.79 Å². The number of rotatable bonds is 4. The summed E-state index contributed by atoms with van der Waals surface area (Å²) >= 11 is 1.69. The first kappa shape index (κ1) is 17.4. The molecule has 4 rings (SSSR count). The van der Waals surface area contributed by atoms with Gasteiger partial charge in [-0.1, -0.05) is 30.3 Å². The standard InChI is InChI=1S/C21H20N4OS/c26-20(24-13-15-25(16-14-24)21-22-11-4-12-23-21)10-8-18-7-9-19(27-18)17-5-2-1-3-6-17/h1-12H,13-16H2/b10-8+. The van der Waals surface area contributed by atoms with Crippen molar-refractivity contribution in [3.05, 3.63) is 71.9 Å². The van der Waals surface area contributed by atoms with E-state index in [1.54, 1.807) is 29.8 Å². The highest BCUT2D eigenvalue weighted by atomic mass is 32.1. The monoisotopic (exact) mass is 376 g/mol. The molecular weight excluding hydrogens is 356 g/mol. The van der Waals surface area contributed by atoms with Crippen LogP contribution < -0.4 is 4.90 Å². The van der Waals surface area contributed by atoms with Crippen LogP contribution in [0.2, 0.25) is 0 Å². The number of carbonyl (C=O) groups excluding carboxylic acids is 1. The van der Waals surface area contributed by atoms with Gasteiger partial charge in [-0.15, -0.1) is 11.3 Å². The van der Waals surface area contributed by atoms with Crippen LogP contribution in [0, 0.1) is 0 Å². The summed E-state index contributed by atoms with van der Waals surface area (Å²) in [4.78, 5) is 27.3. The van der Waals surface area contributed by atoms with Crippen LogP contribution >= 0.6 is 11.3 Å². The molecule has 1 aliphatic rings. The second-order valence-electron chi connectivity index (χ2n) is 6.26. The molecule has 1 amide bonds. The second kappa shape index (κ2) is 8.14. The van der Waals surface area contributed by atoms with E-state index in [2.05, 4.69) is 39.1 Å². The normalized spacial score (nSPS) is 14.7. The number of nitrogens with zero attached hydrogens (tertiary/aromatic N) is 4. The Hall–Kier alpha value is -2.99. The lowest BCUT2D eigenvalue weighted by atomic mass is 10.2. The summed E-state index contributed by atoms with van der Waals surface area (Å²) in [6.07, 6.45) is 7.07. The Morgan fingerprint density at radius 3 is 2.41 bits per heavy atom. The fourth-order valence-electron chi connectivity index (χ4n) is 3.04. The van der Waals surface area contributed by atoms with Gasteiger partial charge in [0.15, 0.2) is 0 Å². The van der Waals surface area contributed by atoms with E-state index in [-0.39, 0.29) is 5.91 Å². The lowest BCUT2D eigenvalue weighted by Gasteiger charge is -2.34. The average Bonchev–Trinajstić information content (AvgIpc) is 3.22. The minimum absolute atomic E-state index is 0.0540. The maximum absolute atomic E-state index is 12.5. The molecule has 27 heavy (non-hydrogen) atoms. The Labute approximate surface area is 162 Å². The van der Waals surface area contributed by atoms with Gasteiger partial charge >= 0.3 is 0 Å². The molecule has 0 atom stereocenters. The highest BCUT2D eigenvalue weighted by Crippen LogP contribution is 2.28. The fourth-order valence-corrected chi connectivity index (χ4v) is 3.96. The zero-order valence-electron chi connectivity index (χ0n) is 14.9. The molecule has 0 spiro atoms. The minimum Gasteiger partial charge on any atom is -0.337 e. The molecule has 5 nitrogen and oxygen atoms in total. The number of carbonyl (C=O) groups is 1. The largest absolute Gasteiger partial charge is 0.337 e. The average molecular weight is 376 g/mol. The van der Waals surface area contributed by atoms with Gasteiger partial charge in [-0.25, -0.2) is 9.97 Å². The van der Waals surface area contributed by atoms with E-state index in [4.69, 9.17) is 0 Å². The van der Waals surface area contributed by atoms with E-state index in [1.807, 2.05) is 35.2 Å². The van der Waals surface area contributed by atoms with Gasteiger partial charge in [-0.2, -0.15) is 0 Å². The first-order chi connectivity index (χ1) is 13.3. The molecule has 1 aliphatic heterocycles. The van der Waals surface area contributed by atoms with Crippen molar-refractivity contribution in [2.24, 2.45) is 0 Å². The molecule has 0 aliphatic carbocycles. The van der Waals surface area contributed by atoms with Crippen molar-refractivity contribution in [1.29, 1.82) is 0 Å². The van der Waals surface area contributed by atoms with Gasteiger partial charge in [0.2, 0.25) is 11.9 Å². The van der Waals surface area contributed by atoms with E-state index in [1.165, 1.54) is 10.4 Å². The van der Waals surface area contributed by atoms with Gasteiger partial charge < -0.3 is 9.80 Å². The molecule has 6 heteroatoms. The Kier molecular flexibility index (Phi) is 5.25. The van der Waals surface area contributed by atoms with Crippen molar-refractivity contribution in [3.8, 4) is 10.4 Å². The van der Waals surface area contributed by atoms with Gasteiger partial charge in [0.05, 0.1) is 0 Å². The summed E-state index contributed by atoms with van der Waals surface area (Å²) in [5, 5.41) is 0. The van der Waals surface area contributed by atoms with Gasteiger partial charge in [-0.05, 0) is 29.8 Å². The summed E-state index contributed by atoms with van der Waals surface area (Å²) in [5.41, 5.74) is 1.20. The summed E-state index contributed by atoms with van der Waals surface area (Å²) < 4.78 is 0. The topological polar surface area (TPSA) is 49.3 Å². The molecule has 3 aromatic rings. The van der Waals surface area contributed by atoms with Crippen LogP contribution in [0.4, 0.5) is 5.95 Å². The van der Waals surface area contributed by atoms with Crippen molar-refractivity contribution in [1.82, 2.24) is 14.9 Å². The first-order valence-corrected chi connectivity index (χ1v) is 9.75. The highest BCUT2D eigenvalue weighted by Gasteiger charge is 2.21. The third-order valence-corrected chi connectivity index (χ3v) is 5.60. The third kappa shape index (κ3) is 4.23. The first-order valence-electron chi connectivity index (χ1n) is 8.94. The van der Waals surface area contributed by atoms with E-state index < -0.39 is 0 Å². The number of aromatic nitrogens is 2. The van der Waals surface area contributed by atoms with Crippen molar-refractivity contribution in [2.45, 2.75) is 0 Å². The summed E-state index contributed by atoms with van der Waals surface area (Å²) in [7, 11) is 0. The van der Waals surface area contributed by atoms with E-state index >= 15 is 0 Å². The Morgan fingerprint density at radius 1 is 0.926 bits per heavy atom. The van der Waals surface area contributed by atoms with Gasteiger partial charge in [0, 0.05) is 54.4 Å². The number of amides is 1. The summed E-state index contributed by atoms with van der Waals surface area (Å²) in [6.45, 7) is 2.86. The van der Waals surface area contributed by atoms with Crippen LogP contribution in [-0.4, -0.2) is 47.0 Å². The zero-order valence-corrected chi connectivity index (χ0v) is 15.7. The summed E-state index contributed by atoms with van der Waals surface area (Å²) in [5.74, 6) is 0.783. The van der Waals surface area contributed by atoms with E-state index in [0.29, 0.717) is 13.1 Å². The molecule has 1 aromatic carbocycles. The fraction of sp³-hybridized carbons (Fsp3) is 0.190. The lowest BCUT2D eigenvalue weighted by Crippen LogP contribution is -2.48. The summed E-state index contributed by atoms with van der Waals surface area (Å²) in [6, 6.07) is 16.2. The molecular formula is C21H20N4OS. The van der Waals surface area contributed by atoms with E-state index in [9.17, 15) is 4.79 Å². The highest BCUT2D eigenvalue weighted by molar-refractivity contribution is 7.16. The molecule has 0 saturated carbocycles. The Balaban J connectivity index is 1.34. The second-order valence-corrected chi connectivity index (χ2v) is 7.38. The minimum atomic E-state index is 0.0540. The van der Waals surface area contributed by atoms with Crippen molar-refractivity contribution in [3.63, 3.8) is 0 Å². The maximum Gasteiger partial charge on any atom is 0.246 e. The number of anilines is 1. The molecule has 0 bridgehead atoms. The quantitative estimate of drug-likeness (QED) is 0.653.